The Morgan fingerprint density at radius 3 is 2.68 bits per heavy atom. The lowest BCUT2D eigenvalue weighted by atomic mass is 9.91. The van der Waals surface area contributed by atoms with Crippen LogP contribution in [0.25, 0.3) is 0 Å². The number of likely N-dealkylation sites (tertiary alicyclic amines) is 1. The van der Waals surface area contributed by atoms with Crippen LogP contribution in [0.4, 0.5) is 0 Å². The highest BCUT2D eigenvalue weighted by Gasteiger charge is 2.41. The number of aryl methyl sites for hydroxylation is 1. The zero-order chi connectivity index (χ0) is 19.8. The Morgan fingerprint density at radius 2 is 1.93 bits per heavy atom. The number of piperazine rings is 1. The van der Waals surface area contributed by atoms with Crippen LogP contribution in [0.2, 0.25) is 0 Å². The van der Waals surface area contributed by atoms with Crippen LogP contribution in [0, 0.1) is 0 Å². The van der Waals surface area contributed by atoms with Crippen molar-refractivity contribution in [1.82, 2.24) is 20.4 Å². The second-order valence-electron chi connectivity index (χ2n) is 7.75. The quantitative estimate of drug-likeness (QED) is 0.584. The van der Waals surface area contributed by atoms with E-state index in [0.29, 0.717) is 32.6 Å². The van der Waals surface area contributed by atoms with Gasteiger partial charge in [-0.3, -0.25) is 9.59 Å². The molecule has 7 heteroatoms. The van der Waals surface area contributed by atoms with Crippen LogP contribution in [0.1, 0.15) is 24.8 Å². The van der Waals surface area contributed by atoms with Crippen molar-refractivity contribution in [2.75, 3.05) is 52.4 Å². The fraction of sp³-hybridized carbons (Fsp3) is 0.619. The van der Waals surface area contributed by atoms with Gasteiger partial charge in [-0.2, -0.15) is 0 Å². The largest absolute Gasteiger partial charge is 0.379 e. The number of nitrogens with one attached hydrogen (secondary N) is 2. The first kappa shape index (κ1) is 20.8. The van der Waals surface area contributed by atoms with Gasteiger partial charge in [-0.05, 0) is 31.2 Å². The van der Waals surface area contributed by atoms with E-state index in [4.69, 9.17) is 0 Å². The van der Waals surface area contributed by atoms with Crippen LogP contribution in [0.3, 0.4) is 0 Å². The maximum Gasteiger partial charge on any atom is 0.255 e. The first-order chi connectivity index (χ1) is 13.6. The van der Waals surface area contributed by atoms with Gasteiger partial charge in [-0.15, -0.1) is 0 Å². The van der Waals surface area contributed by atoms with E-state index in [1.54, 1.807) is 4.90 Å². The second-order valence-corrected chi connectivity index (χ2v) is 7.75. The van der Waals surface area contributed by atoms with E-state index in [1.807, 2.05) is 23.1 Å². The Labute approximate surface area is 167 Å². The van der Waals surface area contributed by atoms with Gasteiger partial charge >= 0.3 is 0 Å². The third-order valence-electron chi connectivity index (χ3n) is 5.60. The molecule has 1 atom stereocenters. The standard InChI is InChI=1S/C21H32N4O3/c26-19(24-14-10-22-11-15-24)16-23-17-21(28)9-5-13-25(20(21)27)12-4-8-18-6-2-1-3-7-18/h1-3,6-7,22-23,28H,4-5,8-17H2. The van der Waals surface area contributed by atoms with Crippen LogP contribution < -0.4 is 10.6 Å². The SMILES string of the molecule is O=C(CNCC1(O)CCCN(CCCc2ccccc2)C1=O)N1CCNCC1. The molecule has 0 aliphatic carbocycles. The summed E-state index contributed by atoms with van der Waals surface area (Å²) in [5, 5.41) is 17.1. The highest BCUT2D eigenvalue weighted by atomic mass is 16.3. The number of benzene rings is 1. The first-order valence-corrected chi connectivity index (χ1v) is 10.3. The summed E-state index contributed by atoms with van der Waals surface area (Å²) >= 11 is 0. The van der Waals surface area contributed by atoms with Crippen molar-refractivity contribution >= 4 is 11.8 Å². The van der Waals surface area contributed by atoms with E-state index in [0.717, 1.165) is 32.4 Å². The number of carbonyl (C=O) groups is 2. The van der Waals surface area contributed by atoms with Crippen molar-refractivity contribution < 1.29 is 14.7 Å². The molecular weight excluding hydrogens is 356 g/mol. The van der Waals surface area contributed by atoms with E-state index in [-0.39, 0.29) is 24.9 Å². The summed E-state index contributed by atoms with van der Waals surface area (Å²) in [5.41, 5.74) is -0.148. The van der Waals surface area contributed by atoms with Crippen molar-refractivity contribution in [3.05, 3.63) is 35.9 Å². The van der Waals surface area contributed by atoms with E-state index in [2.05, 4.69) is 22.8 Å². The monoisotopic (exact) mass is 388 g/mol. The lowest BCUT2D eigenvalue weighted by Crippen LogP contribution is -2.59. The van der Waals surface area contributed by atoms with Crippen LogP contribution in [0.15, 0.2) is 30.3 Å². The molecule has 0 saturated carbocycles. The van der Waals surface area contributed by atoms with E-state index in [9.17, 15) is 14.7 Å². The lowest BCUT2D eigenvalue weighted by Gasteiger charge is -2.38. The highest BCUT2D eigenvalue weighted by Crippen LogP contribution is 2.22. The van der Waals surface area contributed by atoms with Crippen molar-refractivity contribution in [3.63, 3.8) is 0 Å². The number of piperidine rings is 1. The van der Waals surface area contributed by atoms with Crippen LogP contribution in [-0.2, 0) is 16.0 Å². The van der Waals surface area contributed by atoms with Gasteiger partial charge < -0.3 is 25.5 Å². The van der Waals surface area contributed by atoms with Gasteiger partial charge in [-0.1, -0.05) is 30.3 Å². The minimum atomic E-state index is -1.41. The van der Waals surface area contributed by atoms with Gasteiger partial charge in [0.15, 0.2) is 5.60 Å². The summed E-state index contributed by atoms with van der Waals surface area (Å²) in [6, 6.07) is 10.2. The van der Waals surface area contributed by atoms with Crippen LogP contribution in [-0.4, -0.2) is 84.7 Å². The predicted octanol–water partition coefficient (Wildman–Crippen LogP) is -0.00590. The molecule has 3 N–H and O–H groups in total. The summed E-state index contributed by atoms with van der Waals surface area (Å²) in [6.45, 7) is 4.66. The fourth-order valence-corrected chi connectivity index (χ4v) is 3.96. The highest BCUT2D eigenvalue weighted by molar-refractivity contribution is 5.86. The van der Waals surface area contributed by atoms with Crippen LogP contribution in [0.5, 0.6) is 0 Å². The molecule has 2 amide bonds. The predicted molar refractivity (Wildman–Crippen MR) is 108 cm³/mol. The number of hydrogen-bond acceptors (Lipinski definition) is 5. The van der Waals surface area contributed by atoms with E-state index in [1.165, 1.54) is 5.56 Å². The summed E-state index contributed by atoms with van der Waals surface area (Å²) in [5.74, 6) is -0.193. The van der Waals surface area contributed by atoms with Gasteiger partial charge in [0.2, 0.25) is 5.91 Å². The average molecular weight is 389 g/mol. The molecule has 0 aromatic heterocycles. The molecule has 1 unspecified atom stereocenters. The number of hydrogen-bond donors (Lipinski definition) is 3. The fourth-order valence-electron chi connectivity index (χ4n) is 3.96. The lowest BCUT2D eigenvalue weighted by molar-refractivity contribution is -0.156. The van der Waals surface area contributed by atoms with Gasteiger partial charge in [0.25, 0.3) is 5.91 Å². The van der Waals surface area contributed by atoms with Gasteiger partial charge in [-0.25, -0.2) is 0 Å². The molecule has 2 aliphatic heterocycles. The van der Waals surface area contributed by atoms with Crippen LogP contribution >= 0.6 is 0 Å². The minimum Gasteiger partial charge on any atom is -0.379 e. The Morgan fingerprint density at radius 1 is 1.18 bits per heavy atom. The van der Waals surface area contributed by atoms with Gasteiger partial charge in [0.1, 0.15) is 0 Å². The first-order valence-electron chi connectivity index (χ1n) is 10.3. The number of nitrogens with zero attached hydrogens (tertiary/aromatic N) is 2. The van der Waals surface area contributed by atoms with E-state index < -0.39 is 5.60 Å². The van der Waals surface area contributed by atoms with Crippen molar-refractivity contribution in [3.8, 4) is 0 Å². The van der Waals surface area contributed by atoms with Crippen molar-refractivity contribution in [2.24, 2.45) is 0 Å². The van der Waals surface area contributed by atoms with E-state index >= 15 is 0 Å². The molecule has 1 aromatic rings. The average Bonchev–Trinajstić information content (AvgIpc) is 2.73. The maximum absolute atomic E-state index is 12.8. The van der Waals surface area contributed by atoms with Gasteiger partial charge in [0.05, 0.1) is 6.54 Å². The molecule has 154 valence electrons. The summed E-state index contributed by atoms with van der Waals surface area (Å²) in [4.78, 5) is 28.6. The maximum atomic E-state index is 12.8. The molecule has 0 bridgehead atoms. The van der Waals surface area contributed by atoms with Gasteiger partial charge in [0, 0.05) is 45.8 Å². The Balaban J connectivity index is 1.43. The molecule has 0 spiro atoms. The normalized spacial score (nSPS) is 23.1. The molecular formula is C21H32N4O3. The topological polar surface area (TPSA) is 84.9 Å². The number of aliphatic hydroxyl groups is 1. The molecule has 2 aliphatic rings. The van der Waals surface area contributed by atoms with Crippen molar-refractivity contribution in [2.45, 2.75) is 31.3 Å². The Bertz CT molecular complexity index is 648. The summed E-state index contributed by atoms with van der Waals surface area (Å²) < 4.78 is 0. The zero-order valence-electron chi connectivity index (χ0n) is 16.5. The Hall–Kier alpha value is -1.96. The summed E-state index contributed by atoms with van der Waals surface area (Å²) in [6.07, 6.45) is 3.01. The molecule has 2 heterocycles. The number of carbonyl (C=O) groups excluding carboxylic acids is 2. The van der Waals surface area contributed by atoms with Crippen molar-refractivity contribution in [1.29, 1.82) is 0 Å². The smallest absolute Gasteiger partial charge is 0.255 e. The third-order valence-corrected chi connectivity index (χ3v) is 5.60. The second kappa shape index (κ2) is 10.0. The Kier molecular flexibility index (Phi) is 7.42. The minimum absolute atomic E-state index is 0.0214. The molecule has 3 rings (SSSR count). The zero-order valence-corrected chi connectivity index (χ0v) is 16.5. The molecule has 1 aromatic carbocycles. The number of amides is 2. The summed E-state index contributed by atoms with van der Waals surface area (Å²) in [7, 11) is 0. The molecule has 2 saturated heterocycles. The number of rotatable bonds is 8. The molecule has 0 radical (unpaired) electrons. The third kappa shape index (κ3) is 5.53. The molecule has 7 nitrogen and oxygen atoms in total. The molecule has 2 fully saturated rings. The molecule has 28 heavy (non-hydrogen) atoms.